The van der Waals surface area contributed by atoms with Crippen molar-refractivity contribution in [1.82, 2.24) is 9.80 Å². The highest BCUT2D eigenvalue weighted by molar-refractivity contribution is 6.38. The fourth-order valence-electron chi connectivity index (χ4n) is 4.60. The fraction of sp³-hybridized carbons (Fsp3) is 0.375. The smallest absolute Gasteiger partial charge is 0.285 e. The summed E-state index contributed by atoms with van der Waals surface area (Å²) in [6.07, 6.45) is 0. The monoisotopic (exact) mass is 472 g/mol. The van der Waals surface area contributed by atoms with Gasteiger partial charge >= 0.3 is 0 Å². The molecule has 2 amide bonds. The van der Waals surface area contributed by atoms with Crippen molar-refractivity contribution in [3.05, 3.63) is 63.9 Å². The number of nitrogens with two attached hydrogens (primary N) is 1. The van der Waals surface area contributed by atoms with Crippen LogP contribution in [0, 0.1) is 5.82 Å². The lowest BCUT2D eigenvalue weighted by Gasteiger charge is -2.44. The molecule has 2 aliphatic heterocycles. The number of fused-ring (bicyclic) bond motifs is 1. The van der Waals surface area contributed by atoms with Gasteiger partial charge in [-0.3, -0.25) is 19.3 Å². The molecule has 4 rings (SSSR count). The second-order valence-electron chi connectivity index (χ2n) is 8.79. The van der Waals surface area contributed by atoms with Crippen LogP contribution in [0.25, 0.3) is 0 Å². The molecule has 0 radical (unpaired) electrons. The van der Waals surface area contributed by atoms with Gasteiger partial charge in [-0.2, -0.15) is 0 Å². The predicted octanol–water partition coefficient (Wildman–Crippen LogP) is 2.78. The van der Waals surface area contributed by atoms with Crippen LogP contribution in [-0.4, -0.2) is 59.1 Å². The van der Waals surface area contributed by atoms with Crippen molar-refractivity contribution in [3.63, 3.8) is 0 Å². The van der Waals surface area contributed by atoms with Gasteiger partial charge in [0.25, 0.3) is 11.8 Å². The molecule has 1 saturated heterocycles. The number of primary amides is 1. The van der Waals surface area contributed by atoms with Crippen LogP contribution in [0.3, 0.4) is 0 Å². The molecule has 0 aliphatic carbocycles. The Morgan fingerprint density at radius 2 is 1.82 bits per heavy atom. The van der Waals surface area contributed by atoms with Crippen LogP contribution in [0.15, 0.2) is 36.4 Å². The Bertz CT molecular complexity index is 1110. The highest BCUT2D eigenvalue weighted by Crippen LogP contribution is 2.37. The maximum atomic E-state index is 13.5. The summed E-state index contributed by atoms with van der Waals surface area (Å²) in [5.74, 6) is -2.92. The van der Waals surface area contributed by atoms with Crippen LogP contribution < -0.4 is 11.1 Å². The second kappa shape index (κ2) is 9.11. The van der Waals surface area contributed by atoms with Crippen LogP contribution in [0.5, 0.6) is 0 Å². The molecule has 2 aromatic carbocycles. The first kappa shape index (κ1) is 23.2. The van der Waals surface area contributed by atoms with E-state index in [-0.39, 0.29) is 35.4 Å². The molecule has 0 saturated carbocycles. The van der Waals surface area contributed by atoms with Crippen molar-refractivity contribution in [1.29, 1.82) is 0 Å². The molecule has 2 aromatic rings. The molecule has 1 fully saturated rings. The molecule has 9 heteroatoms. The Labute approximate surface area is 196 Å². The minimum atomic E-state index is -1.00. The quantitative estimate of drug-likeness (QED) is 0.652. The maximum Gasteiger partial charge on any atom is 0.285 e. The lowest BCUT2D eigenvalue weighted by Crippen LogP contribution is -2.57. The molecular weight excluding hydrogens is 447 g/mol. The summed E-state index contributed by atoms with van der Waals surface area (Å²) in [7, 11) is 0. The van der Waals surface area contributed by atoms with E-state index in [0.29, 0.717) is 36.4 Å². The van der Waals surface area contributed by atoms with E-state index in [1.807, 2.05) is 13.8 Å². The average Bonchev–Trinajstić information content (AvgIpc) is 3.18. The number of anilines is 1. The molecule has 7 nitrogen and oxygen atoms in total. The fourth-order valence-corrected chi connectivity index (χ4v) is 4.85. The standard InChI is InChI=1S/C24H26ClFN4O3/c1-13-11-30(14(2)10-29(13)12-15-3-5-16(26)6-4-15)24(33)18-7-17-19(22(31)23(27)32)9-28-21(17)8-20(18)25/h3-8,13-14,19,28H,9-12H2,1-2H3,(H2,27,32)/t13-,14+,19?/m0/s1. The number of hydrogen-bond donors (Lipinski definition) is 2. The lowest BCUT2D eigenvalue weighted by atomic mass is 9.94. The van der Waals surface area contributed by atoms with E-state index in [1.54, 1.807) is 29.2 Å². The van der Waals surface area contributed by atoms with E-state index in [4.69, 9.17) is 17.3 Å². The second-order valence-corrected chi connectivity index (χ2v) is 9.20. The van der Waals surface area contributed by atoms with E-state index in [2.05, 4.69) is 10.2 Å². The number of carbonyl (C=O) groups is 3. The van der Waals surface area contributed by atoms with Gasteiger partial charge in [-0.05, 0) is 49.2 Å². The van der Waals surface area contributed by atoms with Crippen LogP contribution in [0.2, 0.25) is 5.02 Å². The third kappa shape index (κ3) is 4.58. The number of carbonyl (C=O) groups excluding carboxylic acids is 3. The SMILES string of the molecule is C[C@@H]1CN(Cc2ccc(F)cc2)[C@@H](C)CN1C(=O)c1cc2c(cc1Cl)NCC2C(=O)C(N)=O. The van der Waals surface area contributed by atoms with Gasteiger partial charge in [0.05, 0.1) is 16.5 Å². The molecule has 2 aliphatic rings. The Morgan fingerprint density at radius 1 is 1.12 bits per heavy atom. The molecule has 2 heterocycles. The molecule has 33 heavy (non-hydrogen) atoms. The third-order valence-corrected chi connectivity index (χ3v) is 6.79. The van der Waals surface area contributed by atoms with Crippen LogP contribution >= 0.6 is 11.6 Å². The van der Waals surface area contributed by atoms with Crippen molar-refractivity contribution in [2.75, 3.05) is 25.0 Å². The number of rotatable bonds is 5. The van der Waals surface area contributed by atoms with Crippen LogP contribution in [0.1, 0.15) is 41.3 Å². The first-order chi connectivity index (χ1) is 15.7. The Balaban J connectivity index is 1.53. The number of ketones is 1. The van der Waals surface area contributed by atoms with Gasteiger partial charge in [0.15, 0.2) is 0 Å². The highest BCUT2D eigenvalue weighted by atomic mass is 35.5. The first-order valence-electron chi connectivity index (χ1n) is 10.9. The summed E-state index contributed by atoms with van der Waals surface area (Å²) in [6.45, 7) is 6.07. The number of Topliss-reactive ketones (excluding diaryl/α,β-unsaturated/α-hetero) is 1. The van der Waals surface area contributed by atoms with Gasteiger partial charge in [0.1, 0.15) is 5.82 Å². The van der Waals surface area contributed by atoms with Crippen LogP contribution in [0.4, 0.5) is 10.1 Å². The number of halogens is 2. The van der Waals surface area contributed by atoms with E-state index in [1.165, 1.54) is 12.1 Å². The molecule has 3 atom stereocenters. The number of nitrogens with one attached hydrogen (secondary N) is 1. The van der Waals surface area contributed by atoms with Crippen molar-refractivity contribution < 1.29 is 18.8 Å². The van der Waals surface area contributed by atoms with Crippen molar-refractivity contribution in [3.8, 4) is 0 Å². The largest absolute Gasteiger partial charge is 0.384 e. The maximum absolute atomic E-state index is 13.5. The van der Waals surface area contributed by atoms with Gasteiger partial charge in [0.2, 0.25) is 5.78 Å². The zero-order valence-corrected chi connectivity index (χ0v) is 19.2. The highest BCUT2D eigenvalue weighted by Gasteiger charge is 2.36. The number of piperazine rings is 1. The number of nitrogens with zero attached hydrogens (tertiary/aromatic N) is 2. The Hall–Kier alpha value is -2.97. The molecule has 174 valence electrons. The predicted molar refractivity (Wildman–Crippen MR) is 124 cm³/mol. The third-order valence-electron chi connectivity index (χ3n) is 6.48. The normalized spacial score (nSPS) is 22.5. The minimum Gasteiger partial charge on any atom is -0.384 e. The molecular formula is C24H26ClFN4O3. The molecule has 1 unspecified atom stereocenters. The number of benzene rings is 2. The molecule has 3 N–H and O–H groups in total. The first-order valence-corrected chi connectivity index (χ1v) is 11.2. The molecule has 0 bridgehead atoms. The molecule has 0 aromatic heterocycles. The van der Waals surface area contributed by atoms with E-state index in [9.17, 15) is 18.8 Å². The van der Waals surface area contributed by atoms with Crippen molar-refractivity contribution in [2.24, 2.45) is 5.73 Å². The van der Waals surface area contributed by atoms with Gasteiger partial charge < -0.3 is 16.0 Å². The van der Waals surface area contributed by atoms with E-state index < -0.39 is 17.6 Å². The van der Waals surface area contributed by atoms with Crippen molar-refractivity contribution in [2.45, 2.75) is 38.4 Å². The summed E-state index contributed by atoms with van der Waals surface area (Å²) in [6, 6.07) is 9.66. The van der Waals surface area contributed by atoms with Crippen molar-refractivity contribution >= 4 is 34.9 Å². The number of amides is 2. The summed E-state index contributed by atoms with van der Waals surface area (Å²) in [4.78, 5) is 41.1. The van der Waals surface area contributed by atoms with Gasteiger partial charge in [-0.25, -0.2) is 4.39 Å². The van der Waals surface area contributed by atoms with E-state index >= 15 is 0 Å². The van der Waals surface area contributed by atoms with E-state index in [0.717, 1.165) is 5.56 Å². The lowest BCUT2D eigenvalue weighted by molar-refractivity contribution is -0.136. The van der Waals surface area contributed by atoms with Gasteiger partial charge in [0, 0.05) is 44.0 Å². The zero-order chi connectivity index (χ0) is 23.9. The topological polar surface area (TPSA) is 95.7 Å². The molecule has 0 spiro atoms. The number of hydrogen-bond acceptors (Lipinski definition) is 5. The van der Waals surface area contributed by atoms with Gasteiger partial charge in [-0.1, -0.05) is 23.7 Å². The summed E-state index contributed by atoms with van der Waals surface area (Å²) >= 11 is 6.44. The summed E-state index contributed by atoms with van der Waals surface area (Å²) < 4.78 is 13.2. The van der Waals surface area contributed by atoms with Gasteiger partial charge in [-0.15, -0.1) is 0 Å². The van der Waals surface area contributed by atoms with Crippen LogP contribution in [-0.2, 0) is 16.1 Å². The summed E-state index contributed by atoms with van der Waals surface area (Å²) in [5, 5.41) is 3.34. The Kier molecular flexibility index (Phi) is 6.41. The summed E-state index contributed by atoms with van der Waals surface area (Å²) in [5.41, 5.74) is 7.68. The average molecular weight is 473 g/mol. The zero-order valence-electron chi connectivity index (χ0n) is 18.5. The minimum absolute atomic E-state index is 0.0780. The Morgan fingerprint density at radius 3 is 2.48 bits per heavy atom.